The second kappa shape index (κ2) is 4.85. The van der Waals surface area contributed by atoms with Crippen molar-refractivity contribution >= 4 is 10.4 Å². The number of ether oxygens (including phenoxy) is 4. The maximum absolute atomic E-state index is 11.7. The highest BCUT2D eigenvalue weighted by atomic mass is 32.3. The third-order valence-electron chi connectivity index (χ3n) is 3.58. The van der Waals surface area contributed by atoms with E-state index in [9.17, 15) is 8.42 Å². The van der Waals surface area contributed by atoms with Crippen molar-refractivity contribution in [2.75, 3.05) is 13.2 Å². The van der Waals surface area contributed by atoms with Crippen LogP contribution in [0.15, 0.2) is 0 Å². The topological polar surface area (TPSA) is 89.5 Å². The summed E-state index contributed by atoms with van der Waals surface area (Å²) in [5.74, 6) is -1.56. The quantitative estimate of drug-likeness (QED) is 0.717. The monoisotopic (exact) mass is 324 g/mol. The Balaban J connectivity index is 1.78. The van der Waals surface area contributed by atoms with Crippen LogP contribution >= 0.6 is 0 Å². The highest BCUT2D eigenvalue weighted by Crippen LogP contribution is 2.37. The predicted molar refractivity (Wildman–Crippen MR) is 68.5 cm³/mol. The summed E-state index contributed by atoms with van der Waals surface area (Å²) in [6.45, 7) is 7.47. The molecule has 3 saturated heterocycles. The van der Waals surface area contributed by atoms with E-state index in [0.717, 1.165) is 0 Å². The van der Waals surface area contributed by atoms with Gasteiger partial charge in [-0.15, -0.1) is 0 Å². The third-order valence-corrected chi connectivity index (χ3v) is 4.49. The van der Waals surface area contributed by atoms with Crippen molar-refractivity contribution in [2.45, 2.75) is 63.7 Å². The van der Waals surface area contributed by atoms with E-state index in [-0.39, 0.29) is 13.2 Å². The minimum absolute atomic E-state index is 0.226. The van der Waals surface area contributed by atoms with Crippen LogP contribution in [0.2, 0.25) is 0 Å². The molecule has 0 spiro atoms. The van der Waals surface area contributed by atoms with Crippen molar-refractivity contribution in [3.63, 3.8) is 0 Å². The van der Waals surface area contributed by atoms with Crippen LogP contribution in [0, 0.1) is 0 Å². The first-order chi connectivity index (χ1) is 9.57. The SMILES string of the molecule is CC1(C)OC[C@H]([C@H]2OS(=O)(=O)O[C@@H]2[C@H]2COC(C)(C)O2)O1. The van der Waals surface area contributed by atoms with Crippen molar-refractivity contribution < 1.29 is 35.7 Å². The molecule has 0 aromatic rings. The highest BCUT2D eigenvalue weighted by molar-refractivity contribution is 7.82. The van der Waals surface area contributed by atoms with E-state index in [1.807, 2.05) is 0 Å². The molecule has 0 bridgehead atoms. The molecule has 0 amide bonds. The van der Waals surface area contributed by atoms with Crippen LogP contribution in [0.3, 0.4) is 0 Å². The largest absolute Gasteiger partial charge is 0.400 e. The van der Waals surface area contributed by atoms with Gasteiger partial charge in [-0.2, -0.15) is 8.42 Å². The Morgan fingerprint density at radius 2 is 1.19 bits per heavy atom. The van der Waals surface area contributed by atoms with Gasteiger partial charge in [0.05, 0.1) is 13.2 Å². The molecule has 0 unspecified atom stereocenters. The van der Waals surface area contributed by atoms with Crippen LogP contribution in [0.5, 0.6) is 0 Å². The molecular weight excluding hydrogens is 304 g/mol. The molecule has 0 aromatic carbocycles. The molecule has 3 aliphatic heterocycles. The van der Waals surface area contributed by atoms with Crippen molar-refractivity contribution in [1.82, 2.24) is 0 Å². The fraction of sp³-hybridized carbons (Fsp3) is 1.00. The summed E-state index contributed by atoms with van der Waals surface area (Å²) in [4.78, 5) is 0. The first-order valence-corrected chi connectivity index (χ1v) is 8.15. The first kappa shape index (κ1) is 15.6. The Labute approximate surface area is 123 Å². The van der Waals surface area contributed by atoms with E-state index in [1.54, 1.807) is 27.7 Å². The van der Waals surface area contributed by atoms with Crippen molar-refractivity contribution in [2.24, 2.45) is 0 Å². The molecule has 8 nitrogen and oxygen atoms in total. The summed E-state index contributed by atoms with van der Waals surface area (Å²) in [7, 11) is -4.07. The average Bonchev–Trinajstić information content (AvgIpc) is 2.94. The molecule has 3 heterocycles. The molecule has 4 atom stereocenters. The maximum atomic E-state index is 11.7. The molecule has 9 heteroatoms. The van der Waals surface area contributed by atoms with E-state index in [0.29, 0.717) is 0 Å². The van der Waals surface area contributed by atoms with Crippen LogP contribution in [0.1, 0.15) is 27.7 Å². The molecule has 3 aliphatic rings. The summed E-state index contributed by atoms with van der Waals surface area (Å²) in [5.41, 5.74) is 0. The van der Waals surface area contributed by atoms with E-state index >= 15 is 0 Å². The van der Waals surface area contributed by atoms with Gasteiger partial charge in [0.15, 0.2) is 11.6 Å². The Morgan fingerprint density at radius 1 is 0.810 bits per heavy atom. The molecule has 3 fully saturated rings. The first-order valence-electron chi connectivity index (χ1n) is 6.82. The summed E-state index contributed by atoms with van der Waals surface area (Å²) >= 11 is 0. The standard InChI is InChI=1S/C12H20O8S/c1-11(2)15-5-7(17-11)9-10(20-21(13,14)19-9)8-6-16-12(3,4)18-8/h7-10H,5-6H2,1-4H3/t7-,8-,9-,10-/m1/s1. The number of rotatable bonds is 2. The van der Waals surface area contributed by atoms with Crippen LogP contribution in [-0.4, -0.2) is 57.6 Å². The molecule has 0 radical (unpaired) electrons. The van der Waals surface area contributed by atoms with Gasteiger partial charge in [-0.3, -0.25) is 0 Å². The van der Waals surface area contributed by atoms with E-state index in [1.165, 1.54) is 0 Å². The minimum Gasteiger partial charge on any atom is -0.348 e. The summed E-state index contributed by atoms with van der Waals surface area (Å²) in [6, 6.07) is 0. The number of hydrogen-bond donors (Lipinski definition) is 0. The van der Waals surface area contributed by atoms with Crippen molar-refractivity contribution in [3.05, 3.63) is 0 Å². The highest BCUT2D eigenvalue weighted by Gasteiger charge is 2.54. The normalized spacial score (nSPS) is 44.2. The second-order valence-corrected chi connectivity index (χ2v) is 7.47. The van der Waals surface area contributed by atoms with Gasteiger partial charge in [0.25, 0.3) is 0 Å². The third kappa shape index (κ3) is 3.24. The lowest BCUT2D eigenvalue weighted by molar-refractivity contribution is -0.165. The second-order valence-electron chi connectivity index (χ2n) is 6.26. The lowest BCUT2D eigenvalue weighted by atomic mass is 10.0. The van der Waals surface area contributed by atoms with Gasteiger partial charge in [-0.25, -0.2) is 8.37 Å². The smallest absolute Gasteiger partial charge is 0.348 e. The Bertz CT molecular complexity index is 473. The molecule has 0 saturated carbocycles. The average molecular weight is 324 g/mol. The molecule has 0 aromatic heterocycles. The Kier molecular flexibility index (Phi) is 3.60. The van der Waals surface area contributed by atoms with E-state index < -0.39 is 46.4 Å². The molecular formula is C12H20O8S. The zero-order valence-corrected chi connectivity index (χ0v) is 13.2. The number of hydrogen-bond acceptors (Lipinski definition) is 8. The van der Waals surface area contributed by atoms with E-state index in [4.69, 9.17) is 27.3 Å². The predicted octanol–water partition coefficient (Wildman–Crippen LogP) is 0.318. The molecule has 21 heavy (non-hydrogen) atoms. The summed E-state index contributed by atoms with van der Waals surface area (Å²) in [6.07, 6.45) is -2.73. The van der Waals surface area contributed by atoms with Crippen LogP contribution in [0.25, 0.3) is 0 Å². The van der Waals surface area contributed by atoms with Gasteiger partial charge in [-0.05, 0) is 27.7 Å². The van der Waals surface area contributed by atoms with Crippen LogP contribution < -0.4 is 0 Å². The van der Waals surface area contributed by atoms with Gasteiger partial charge in [-0.1, -0.05) is 0 Å². The van der Waals surface area contributed by atoms with Crippen LogP contribution in [-0.2, 0) is 37.7 Å². The lowest BCUT2D eigenvalue weighted by Gasteiger charge is -2.25. The zero-order valence-electron chi connectivity index (χ0n) is 12.4. The molecule has 0 N–H and O–H groups in total. The fourth-order valence-electron chi connectivity index (χ4n) is 2.71. The zero-order chi connectivity index (χ0) is 15.5. The van der Waals surface area contributed by atoms with E-state index in [2.05, 4.69) is 0 Å². The molecule has 3 rings (SSSR count). The molecule has 122 valence electrons. The maximum Gasteiger partial charge on any atom is 0.400 e. The van der Waals surface area contributed by atoms with Gasteiger partial charge < -0.3 is 18.9 Å². The summed E-state index contributed by atoms with van der Waals surface area (Å²) in [5, 5.41) is 0. The van der Waals surface area contributed by atoms with Crippen molar-refractivity contribution in [1.29, 1.82) is 0 Å². The van der Waals surface area contributed by atoms with Crippen molar-refractivity contribution in [3.8, 4) is 0 Å². The minimum atomic E-state index is -4.07. The van der Waals surface area contributed by atoms with Gasteiger partial charge >= 0.3 is 10.4 Å². The van der Waals surface area contributed by atoms with Gasteiger partial charge in [0.1, 0.15) is 24.4 Å². The summed E-state index contributed by atoms with van der Waals surface area (Å²) < 4.78 is 55.6. The Morgan fingerprint density at radius 3 is 1.48 bits per heavy atom. The van der Waals surface area contributed by atoms with Gasteiger partial charge in [0, 0.05) is 0 Å². The van der Waals surface area contributed by atoms with Gasteiger partial charge in [0.2, 0.25) is 0 Å². The Hall–Kier alpha value is -0.290. The fourth-order valence-corrected chi connectivity index (χ4v) is 3.76. The molecule has 0 aliphatic carbocycles. The van der Waals surface area contributed by atoms with Crippen LogP contribution in [0.4, 0.5) is 0 Å². The lowest BCUT2D eigenvalue weighted by Crippen LogP contribution is -2.45.